The number of nitrogens with zero attached hydrogens (tertiary/aromatic N) is 1. The summed E-state index contributed by atoms with van der Waals surface area (Å²) in [5.41, 5.74) is 2.39. The number of hydrogen-bond acceptors (Lipinski definition) is 4. The van der Waals surface area contributed by atoms with E-state index in [2.05, 4.69) is 29.3 Å². The summed E-state index contributed by atoms with van der Waals surface area (Å²) in [6, 6.07) is 6.32. The SMILES string of the molecule is CC1CNc2cc(CCN(C)CCO)ccc2O1. The van der Waals surface area contributed by atoms with Crippen LogP contribution in [0.2, 0.25) is 0 Å². The molecule has 0 aromatic heterocycles. The van der Waals surface area contributed by atoms with Gasteiger partial charge in [0, 0.05) is 13.1 Å². The lowest BCUT2D eigenvalue weighted by atomic mass is 10.1. The van der Waals surface area contributed by atoms with Crippen LogP contribution in [0.1, 0.15) is 12.5 Å². The molecule has 0 saturated heterocycles. The Labute approximate surface area is 109 Å². The molecule has 100 valence electrons. The molecule has 0 saturated carbocycles. The molecule has 1 aromatic rings. The van der Waals surface area contributed by atoms with Crippen molar-refractivity contribution in [2.75, 3.05) is 38.6 Å². The topological polar surface area (TPSA) is 44.7 Å². The van der Waals surface area contributed by atoms with Gasteiger partial charge in [-0.3, -0.25) is 0 Å². The van der Waals surface area contributed by atoms with E-state index in [4.69, 9.17) is 9.84 Å². The van der Waals surface area contributed by atoms with Crippen molar-refractivity contribution in [3.63, 3.8) is 0 Å². The lowest BCUT2D eigenvalue weighted by Gasteiger charge is -2.25. The number of likely N-dealkylation sites (N-methyl/N-ethyl adjacent to an activating group) is 1. The molecule has 1 atom stereocenters. The van der Waals surface area contributed by atoms with Crippen LogP contribution in [-0.4, -0.2) is 49.4 Å². The lowest BCUT2D eigenvalue weighted by molar-refractivity contribution is 0.222. The van der Waals surface area contributed by atoms with Crippen molar-refractivity contribution in [1.82, 2.24) is 4.90 Å². The Morgan fingerprint density at radius 2 is 2.28 bits per heavy atom. The molecule has 1 aliphatic heterocycles. The highest BCUT2D eigenvalue weighted by molar-refractivity contribution is 5.59. The quantitative estimate of drug-likeness (QED) is 0.828. The van der Waals surface area contributed by atoms with Gasteiger partial charge < -0.3 is 20.1 Å². The zero-order valence-corrected chi connectivity index (χ0v) is 11.1. The Balaban J connectivity index is 1.95. The fourth-order valence-corrected chi connectivity index (χ4v) is 2.09. The zero-order chi connectivity index (χ0) is 13.0. The second-order valence-corrected chi connectivity index (χ2v) is 4.92. The first kappa shape index (κ1) is 13.2. The molecule has 2 rings (SSSR count). The van der Waals surface area contributed by atoms with E-state index in [0.717, 1.165) is 37.5 Å². The fraction of sp³-hybridized carbons (Fsp3) is 0.571. The summed E-state index contributed by atoms with van der Waals surface area (Å²) in [5, 5.41) is 12.2. The van der Waals surface area contributed by atoms with Gasteiger partial charge in [-0.2, -0.15) is 0 Å². The molecular formula is C14H22N2O2. The standard InChI is InChI=1S/C14H22N2O2/c1-11-10-15-13-9-12(3-4-14(13)18-11)5-6-16(2)7-8-17/h3-4,9,11,15,17H,5-8,10H2,1-2H3. The van der Waals surface area contributed by atoms with E-state index in [1.165, 1.54) is 5.56 Å². The van der Waals surface area contributed by atoms with Crippen molar-refractivity contribution < 1.29 is 9.84 Å². The number of fused-ring (bicyclic) bond motifs is 1. The Hall–Kier alpha value is -1.26. The predicted molar refractivity (Wildman–Crippen MR) is 73.3 cm³/mol. The third-order valence-electron chi connectivity index (χ3n) is 3.22. The minimum Gasteiger partial charge on any atom is -0.487 e. The molecule has 0 radical (unpaired) electrons. The first-order valence-corrected chi connectivity index (χ1v) is 6.52. The summed E-state index contributed by atoms with van der Waals surface area (Å²) < 4.78 is 5.74. The van der Waals surface area contributed by atoms with Crippen LogP contribution in [0.5, 0.6) is 5.75 Å². The van der Waals surface area contributed by atoms with Gasteiger partial charge in [-0.15, -0.1) is 0 Å². The van der Waals surface area contributed by atoms with Crippen molar-refractivity contribution in [2.45, 2.75) is 19.4 Å². The van der Waals surface area contributed by atoms with Crippen LogP contribution in [0, 0.1) is 0 Å². The van der Waals surface area contributed by atoms with E-state index < -0.39 is 0 Å². The van der Waals surface area contributed by atoms with Crippen molar-refractivity contribution >= 4 is 5.69 Å². The average Bonchev–Trinajstić information content (AvgIpc) is 2.36. The Morgan fingerprint density at radius 1 is 1.44 bits per heavy atom. The first-order chi connectivity index (χ1) is 8.69. The van der Waals surface area contributed by atoms with E-state index in [1.54, 1.807) is 0 Å². The number of anilines is 1. The van der Waals surface area contributed by atoms with Crippen LogP contribution >= 0.6 is 0 Å². The van der Waals surface area contributed by atoms with Crippen LogP contribution in [0.3, 0.4) is 0 Å². The van der Waals surface area contributed by atoms with Gasteiger partial charge in [-0.1, -0.05) is 6.07 Å². The van der Waals surface area contributed by atoms with Gasteiger partial charge in [0.05, 0.1) is 18.8 Å². The molecule has 1 heterocycles. The minimum atomic E-state index is 0.216. The third-order valence-corrected chi connectivity index (χ3v) is 3.22. The van der Waals surface area contributed by atoms with Crippen LogP contribution < -0.4 is 10.1 Å². The molecule has 4 heteroatoms. The smallest absolute Gasteiger partial charge is 0.142 e. The van der Waals surface area contributed by atoms with Gasteiger partial charge in [0.1, 0.15) is 11.9 Å². The van der Waals surface area contributed by atoms with Gasteiger partial charge >= 0.3 is 0 Å². The highest BCUT2D eigenvalue weighted by Crippen LogP contribution is 2.29. The van der Waals surface area contributed by atoms with Gasteiger partial charge in [0.15, 0.2) is 0 Å². The molecule has 0 spiro atoms. The molecular weight excluding hydrogens is 228 g/mol. The van der Waals surface area contributed by atoms with Crippen molar-refractivity contribution in [3.05, 3.63) is 23.8 Å². The number of rotatable bonds is 5. The van der Waals surface area contributed by atoms with Gasteiger partial charge in [0.25, 0.3) is 0 Å². The Kier molecular flexibility index (Phi) is 4.44. The average molecular weight is 250 g/mol. The monoisotopic (exact) mass is 250 g/mol. The Morgan fingerprint density at radius 3 is 3.06 bits per heavy atom. The van der Waals surface area contributed by atoms with Gasteiger partial charge in [0.2, 0.25) is 0 Å². The molecule has 4 nitrogen and oxygen atoms in total. The second-order valence-electron chi connectivity index (χ2n) is 4.92. The van der Waals surface area contributed by atoms with E-state index in [-0.39, 0.29) is 12.7 Å². The van der Waals surface area contributed by atoms with E-state index in [1.807, 2.05) is 13.1 Å². The molecule has 2 N–H and O–H groups in total. The predicted octanol–water partition coefficient (Wildman–Crippen LogP) is 1.35. The third kappa shape index (κ3) is 3.37. The molecule has 1 unspecified atom stereocenters. The van der Waals surface area contributed by atoms with E-state index in [9.17, 15) is 0 Å². The van der Waals surface area contributed by atoms with Crippen LogP contribution in [-0.2, 0) is 6.42 Å². The molecule has 1 aromatic carbocycles. The molecule has 1 aliphatic rings. The summed E-state index contributed by atoms with van der Waals surface area (Å²) in [6.07, 6.45) is 1.22. The van der Waals surface area contributed by atoms with Crippen LogP contribution in [0.15, 0.2) is 18.2 Å². The summed E-state index contributed by atoms with van der Waals surface area (Å²) in [6.45, 7) is 4.82. The molecule has 0 aliphatic carbocycles. The van der Waals surface area contributed by atoms with Crippen molar-refractivity contribution in [1.29, 1.82) is 0 Å². The Bertz CT molecular complexity index is 395. The molecule has 0 amide bonds. The van der Waals surface area contributed by atoms with Crippen LogP contribution in [0.25, 0.3) is 0 Å². The number of aliphatic hydroxyl groups excluding tert-OH is 1. The second kappa shape index (κ2) is 6.07. The number of ether oxygens (including phenoxy) is 1. The number of hydrogen-bond donors (Lipinski definition) is 2. The number of nitrogens with one attached hydrogen (secondary N) is 1. The lowest BCUT2D eigenvalue weighted by Crippen LogP contribution is -2.28. The van der Waals surface area contributed by atoms with E-state index in [0.29, 0.717) is 0 Å². The van der Waals surface area contributed by atoms with E-state index >= 15 is 0 Å². The van der Waals surface area contributed by atoms with Crippen molar-refractivity contribution in [3.8, 4) is 5.75 Å². The fourth-order valence-electron chi connectivity index (χ4n) is 2.09. The van der Waals surface area contributed by atoms with Crippen LogP contribution in [0.4, 0.5) is 5.69 Å². The number of aliphatic hydroxyl groups is 1. The summed E-state index contributed by atoms with van der Waals surface area (Å²) >= 11 is 0. The van der Waals surface area contributed by atoms with Gasteiger partial charge in [-0.05, 0) is 38.1 Å². The summed E-state index contributed by atoms with van der Waals surface area (Å²) in [7, 11) is 2.03. The largest absolute Gasteiger partial charge is 0.487 e. The maximum atomic E-state index is 8.85. The normalized spacial score (nSPS) is 18.1. The minimum absolute atomic E-state index is 0.216. The maximum absolute atomic E-state index is 8.85. The number of benzene rings is 1. The summed E-state index contributed by atoms with van der Waals surface area (Å²) in [4.78, 5) is 2.13. The highest BCUT2D eigenvalue weighted by Gasteiger charge is 2.15. The highest BCUT2D eigenvalue weighted by atomic mass is 16.5. The maximum Gasteiger partial charge on any atom is 0.142 e. The van der Waals surface area contributed by atoms with Gasteiger partial charge in [-0.25, -0.2) is 0 Å². The molecule has 0 fully saturated rings. The summed E-state index contributed by atoms with van der Waals surface area (Å²) in [5.74, 6) is 0.946. The van der Waals surface area contributed by atoms with Crippen molar-refractivity contribution in [2.24, 2.45) is 0 Å². The molecule has 0 bridgehead atoms. The zero-order valence-electron chi connectivity index (χ0n) is 11.1. The molecule has 18 heavy (non-hydrogen) atoms. The first-order valence-electron chi connectivity index (χ1n) is 6.52.